The first-order chi connectivity index (χ1) is 7.01. The Morgan fingerprint density at radius 3 is 1.75 bits per heavy atom. The van der Waals surface area contributed by atoms with Crippen LogP contribution in [0.4, 0.5) is 0 Å². The van der Waals surface area contributed by atoms with Crippen molar-refractivity contribution in [3.8, 4) is 0 Å². The van der Waals surface area contributed by atoms with Crippen LogP contribution < -0.4 is 0 Å². The van der Waals surface area contributed by atoms with Gasteiger partial charge in [0.1, 0.15) is 5.78 Å². The molecule has 0 N–H and O–H groups in total. The van der Waals surface area contributed by atoms with Crippen molar-refractivity contribution in [2.75, 3.05) is 0 Å². The number of ketones is 1. The number of carbonyl (C=O) groups is 1. The maximum absolute atomic E-state index is 11.9. The minimum Gasteiger partial charge on any atom is -0.299 e. The first kappa shape index (κ1) is 13.5. The van der Waals surface area contributed by atoms with Crippen molar-refractivity contribution >= 4 is 5.78 Å². The first-order valence-corrected chi connectivity index (χ1v) is 6.18. The summed E-state index contributed by atoms with van der Waals surface area (Å²) in [5.74, 6) is 0.327. The summed E-state index contributed by atoms with van der Waals surface area (Å²) >= 11 is 0. The Balaban J connectivity index is 3.13. The fourth-order valence-electron chi connectivity index (χ4n) is 3.71. The standard InChI is InChI=1S/C15H26O/c1-11(2)14(6)8-13(4,5)9-15(7,10-14)12(3)16/h1,8-10H2,2-7H3. The molecule has 0 aromatic heterocycles. The quantitative estimate of drug-likeness (QED) is 0.634. The molecule has 0 bridgehead atoms. The first-order valence-electron chi connectivity index (χ1n) is 6.18. The van der Waals surface area contributed by atoms with E-state index in [4.69, 9.17) is 0 Å². The second kappa shape index (κ2) is 3.72. The lowest BCUT2D eigenvalue weighted by Crippen LogP contribution is -2.44. The number of hydrogen-bond acceptors (Lipinski definition) is 1. The molecule has 0 aromatic carbocycles. The van der Waals surface area contributed by atoms with E-state index in [2.05, 4.69) is 41.2 Å². The van der Waals surface area contributed by atoms with Gasteiger partial charge in [-0.2, -0.15) is 0 Å². The van der Waals surface area contributed by atoms with Crippen LogP contribution in [0.15, 0.2) is 12.2 Å². The summed E-state index contributed by atoms with van der Waals surface area (Å²) in [7, 11) is 0. The maximum atomic E-state index is 11.9. The van der Waals surface area contributed by atoms with Crippen molar-refractivity contribution in [1.82, 2.24) is 0 Å². The van der Waals surface area contributed by atoms with E-state index < -0.39 is 0 Å². The van der Waals surface area contributed by atoms with Crippen molar-refractivity contribution in [1.29, 1.82) is 0 Å². The molecule has 1 saturated carbocycles. The minimum atomic E-state index is -0.171. The number of allylic oxidation sites excluding steroid dienone is 1. The van der Waals surface area contributed by atoms with Gasteiger partial charge in [-0.1, -0.05) is 39.8 Å². The molecule has 2 atom stereocenters. The number of carbonyl (C=O) groups excluding carboxylic acids is 1. The van der Waals surface area contributed by atoms with Gasteiger partial charge in [-0.3, -0.25) is 4.79 Å². The van der Waals surface area contributed by atoms with Gasteiger partial charge < -0.3 is 0 Å². The maximum Gasteiger partial charge on any atom is 0.135 e. The topological polar surface area (TPSA) is 17.1 Å². The van der Waals surface area contributed by atoms with Crippen LogP contribution in [0.1, 0.15) is 60.8 Å². The van der Waals surface area contributed by atoms with Gasteiger partial charge in [0.25, 0.3) is 0 Å². The molecule has 0 spiro atoms. The van der Waals surface area contributed by atoms with Crippen molar-refractivity contribution in [3.05, 3.63) is 12.2 Å². The number of rotatable bonds is 2. The summed E-state index contributed by atoms with van der Waals surface area (Å²) in [6.07, 6.45) is 3.09. The van der Waals surface area contributed by atoms with Gasteiger partial charge in [0.15, 0.2) is 0 Å². The van der Waals surface area contributed by atoms with Crippen molar-refractivity contribution in [2.45, 2.75) is 60.8 Å². The van der Waals surface area contributed by atoms with E-state index in [1.165, 1.54) is 5.57 Å². The summed E-state index contributed by atoms with van der Waals surface area (Å²) in [5, 5.41) is 0. The average Bonchev–Trinajstić information content (AvgIpc) is 1.98. The Kier molecular flexibility index (Phi) is 3.13. The molecule has 0 aromatic rings. The minimum absolute atomic E-state index is 0.113. The van der Waals surface area contributed by atoms with Crippen LogP contribution in [-0.2, 0) is 4.79 Å². The molecule has 1 fully saturated rings. The summed E-state index contributed by atoms with van der Waals surface area (Å²) in [6, 6.07) is 0. The fourth-order valence-corrected chi connectivity index (χ4v) is 3.71. The SMILES string of the molecule is C=C(C)C1(C)CC(C)(C)CC(C)(C(C)=O)C1. The van der Waals surface area contributed by atoms with Crippen LogP contribution in [0.25, 0.3) is 0 Å². The highest BCUT2D eigenvalue weighted by Gasteiger charge is 2.49. The monoisotopic (exact) mass is 222 g/mol. The highest BCUT2D eigenvalue weighted by atomic mass is 16.1. The van der Waals surface area contributed by atoms with Crippen LogP contribution in [0, 0.1) is 16.2 Å². The zero-order valence-electron chi connectivity index (χ0n) is 11.7. The van der Waals surface area contributed by atoms with Crippen LogP contribution >= 0.6 is 0 Å². The van der Waals surface area contributed by atoms with Gasteiger partial charge >= 0.3 is 0 Å². The zero-order valence-corrected chi connectivity index (χ0v) is 11.7. The van der Waals surface area contributed by atoms with Crippen LogP contribution in [-0.4, -0.2) is 5.78 Å². The molecule has 0 radical (unpaired) electrons. The lowest BCUT2D eigenvalue weighted by atomic mass is 9.52. The second-order valence-corrected chi connectivity index (χ2v) is 7.15. The molecule has 16 heavy (non-hydrogen) atoms. The van der Waals surface area contributed by atoms with Gasteiger partial charge in [-0.05, 0) is 43.9 Å². The van der Waals surface area contributed by atoms with Crippen molar-refractivity contribution < 1.29 is 4.79 Å². The third-order valence-corrected chi connectivity index (χ3v) is 4.40. The van der Waals surface area contributed by atoms with E-state index in [9.17, 15) is 4.79 Å². The van der Waals surface area contributed by atoms with E-state index in [0.717, 1.165) is 19.3 Å². The molecule has 0 aliphatic heterocycles. The lowest BCUT2D eigenvalue weighted by Gasteiger charge is -2.51. The van der Waals surface area contributed by atoms with Crippen LogP contribution in [0.5, 0.6) is 0 Å². The van der Waals surface area contributed by atoms with Crippen molar-refractivity contribution in [2.24, 2.45) is 16.2 Å². The highest BCUT2D eigenvalue weighted by Crippen LogP contribution is 2.56. The predicted molar refractivity (Wildman–Crippen MR) is 69.3 cm³/mol. The normalized spacial score (nSPS) is 38.1. The number of Topliss-reactive ketones (excluding diaryl/α,β-unsaturated/α-hetero) is 1. The van der Waals surface area contributed by atoms with E-state index in [-0.39, 0.29) is 16.2 Å². The van der Waals surface area contributed by atoms with E-state index >= 15 is 0 Å². The lowest BCUT2D eigenvalue weighted by molar-refractivity contribution is -0.132. The van der Waals surface area contributed by atoms with E-state index in [1.54, 1.807) is 6.92 Å². The Morgan fingerprint density at radius 2 is 1.38 bits per heavy atom. The third-order valence-electron chi connectivity index (χ3n) is 4.40. The van der Waals surface area contributed by atoms with E-state index in [0.29, 0.717) is 5.78 Å². The predicted octanol–water partition coefficient (Wildman–Crippen LogP) is 4.37. The van der Waals surface area contributed by atoms with Gasteiger partial charge in [-0.15, -0.1) is 0 Å². The highest BCUT2D eigenvalue weighted by molar-refractivity contribution is 5.82. The van der Waals surface area contributed by atoms with Gasteiger partial charge in [-0.25, -0.2) is 0 Å². The molecule has 92 valence electrons. The van der Waals surface area contributed by atoms with E-state index in [1.807, 2.05) is 0 Å². The fraction of sp³-hybridized carbons (Fsp3) is 0.800. The summed E-state index contributed by atoms with van der Waals surface area (Å²) < 4.78 is 0. The molecule has 2 unspecified atom stereocenters. The van der Waals surface area contributed by atoms with Gasteiger partial charge in [0.2, 0.25) is 0 Å². The Hall–Kier alpha value is -0.590. The summed E-state index contributed by atoms with van der Waals surface area (Å²) in [4.78, 5) is 11.9. The molecule has 0 amide bonds. The Labute approximate surface area is 100 Å². The zero-order chi connectivity index (χ0) is 12.8. The smallest absolute Gasteiger partial charge is 0.135 e. The second-order valence-electron chi connectivity index (χ2n) is 7.15. The van der Waals surface area contributed by atoms with Crippen LogP contribution in [0.3, 0.4) is 0 Å². The Bertz CT molecular complexity index is 296. The van der Waals surface area contributed by atoms with Gasteiger partial charge in [0.05, 0.1) is 0 Å². The van der Waals surface area contributed by atoms with Crippen LogP contribution in [0.2, 0.25) is 0 Å². The third kappa shape index (κ3) is 2.39. The largest absolute Gasteiger partial charge is 0.299 e. The number of hydrogen-bond donors (Lipinski definition) is 0. The molecule has 1 heteroatoms. The molecule has 0 saturated heterocycles. The Morgan fingerprint density at radius 1 is 0.938 bits per heavy atom. The molecular formula is C15H26O. The van der Waals surface area contributed by atoms with Gasteiger partial charge in [0, 0.05) is 5.41 Å². The molecule has 1 aliphatic rings. The summed E-state index contributed by atoms with van der Waals surface area (Å²) in [5.41, 5.74) is 1.39. The summed E-state index contributed by atoms with van der Waals surface area (Å²) in [6.45, 7) is 16.9. The average molecular weight is 222 g/mol. The molecule has 0 heterocycles. The molecule has 1 nitrogen and oxygen atoms in total. The molecule has 1 aliphatic carbocycles. The molecular weight excluding hydrogens is 196 g/mol. The van der Waals surface area contributed by atoms with Crippen molar-refractivity contribution in [3.63, 3.8) is 0 Å². The molecule has 1 rings (SSSR count).